The molecule has 92 valence electrons. The molecule has 0 aromatic heterocycles. The molecule has 1 aromatic rings. The average molecular weight is 234 g/mol. The second-order valence-corrected chi connectivity index (χ2v) is 4.37. The number of carbonyl (C=O) groups excluding carboxylic acids is 1. The minimum absolute atomic E-state index is 0.0293. The predicted molar refractivity (Wildman–Crippen MR) is 66.1 cm³/mol. The Labute approximate surface area is 101 Å². The minimum atomic E-state index is -0.213. The number of hydrogen-bond donors (Lipinski definition) is 3. The van der Waals surface area contributed by atoms with Gasteiger partial charge in [0.25, 0.3) is 5.91 Å². The van der Waals surface area contributed by atoms with Crippen LogP contribution in [0.1, 0.15) is 29.6 Å². The summed E-state index contributed by atoms with van der Waals surface area (Å²) in [5.41, 5.74) is 0.336. The van der Waals surface area contributed by atoms with Crippen molar-refractivity contribution >= 4 is 5.91 Å². The van der Waals surface area contributed by atoms with E-state index in [1.807, 2.05) is 0 Å². The molecule has 3 N–H and O–H groups in total. The lowest BCUT2D eigenvalue weighted by Gasteiger charge is -2.23. The van der Waals surface area contributed by atoms with E-state index in [1.165, 1.54) is 18.9 Å². The van der Waals surface area contributed by atoms with Gasteiger partial charge in [0.15, 0.2) is 0 Å². The van der Waals surface area contributed by atoms with Gasteiger partial charge in [0.1, 0.15) is 5.75 Å². The summed E-state index contributed by atoms with van der Waals surface area (Å²) in [6, 6.07) is 6.95. The summed E-state index contributed by atoms with van der Waals surface area (Å²) in [5, 5.41) is 15.8. The maximum absolute atomic E-state index is 11.8. The number of rotatable bonds is 3. The third-order valence-corrected chi connectivity index (χ3v) is 3.07. The number of hydrogen-bond acceptors (Lipinski definition) is 3. The van der Waals surface area contributed by atoms with Crippen molar-refractivity contribution in [3.63, 3.8) is 0 Å². The molecule has 1 saturated heterocycles. The molecule has 0 radical (unpaired) electrons. The van der Waals surface area contributed by atoms with E-state index in [2.05, 4.69) is 10.6 Å². The van der Waals surface area contributed by atoms with Crippen molar-refractivity contribution in [2.24, 2.45) is 0 Å². The normalized spacial score (nSPS) is 19.9. The number of phenolic OH excluding ortho intramolecular Hbond substituents is 1. The van der Waals surface area contributed by atoms with Crippen LogP contribution in [-0.2, 0) is 0 Å². The van der Waals surface area contributed by atoms with Crippen molar-refractivity contribution in [3.8, 4) is 5.75 Å². The minimum Gasteiger partial charge on any atom is -0.507 e. The van der Waals surface area contributed by atoms with Crippen molar-refractivity contribution in [2.45, 2.75) is 25.3 Å². The van der Waals surface area contributed by atoms with E-state index in [1.54, 1.807) is 18.2 Å². The Morgan fingerprint density at radius 1 is 1.41 bits per heavy atom. The second-order valence-electron chi connectivity index (χ2n) is 4.37. The topological polar surface area (TPSA) is 61.4 Å². The molecule has 0 bridgehead atoms. The van der Waals surface area contributed by atoms with Gasteiger partial charge < -0.3 is 15.7 Å². The Hall–Kier alpha value is -1.55. The molecule has 1 fully saturated rings. The van der Waals surface area contributed by atoms with Gasteiger partial charge in [-0.2, -0.15) is 0 Å². The number of carbonyl (C=O) groups is 1. The molecule has 1 heterocycles. The van der Waals surface area contributed by atoms with Gasteiger partial charge in [-0.3, -0.25) is 4.79 Å². The molecule has 0 aliphatic carbocycles. The molecular weight excluding hydrogens is 216 g/mol. The van der Waals surface area contributed by atoms with E-state index >= 15 is 0 Å². The van der Waals surface area contributed by atoms with Crippen LogP contribution in [0, 0.1) is 0 Å². The first kappa shape index (κ1) is 11.9. The van der Waals surface area contributed by atoms with Crippen LogP contribution in [0.25, 0.3) is 0 Å². The second kappa shape index (κ2) is 5.68. The van der Waals surface area contributed by atoms with Crippen molar-refractivity contribution in [2.75, 3.05) is 13.1 Å². The number of para-hydroxylation sites is 1. The maximum Gasteiger partial charge on any atom is 0.255 e. The molecule has 1 aromatic carbocycles. The summed E-state index contributed by atoms with van der Waals surface area (Å²) >= 11 is 0. The molecule has 17 heavy (non-hydrogen) atoms. The number of amides is 1. The fraction of sp³-hybridized carbons (Fsp3) is 0.462. The molecular formula is C13H18N2O2. The summed E-state index contributed by atoms with van der Waals surface area (Å²) < 4.78 is 0. The summed E-state index contributed by atoms with van der Waals surface area (Å²) in [7, 11) is 0. The van der Waals surface area contributed by atoms with Gasteiger partial charge in [0.2, 0.25) is 0 Å². The Morgan fingerprint density at radius 3 is 2.94 bits per heavy atom. The van der Waals surface area contributed by atoms with Crippen LogP contribution in [0.5, 0.6) is 5.75 Å². The van der Waals surface area contributed by atoms with Gasteiger partial charge in [0.05, 0.1) is 5.56 Å². The number of piperidine rings is 1. The number of aromatic hydroxyl groups is 1. The third-order valence-electron chi connectivity index (χ3n) is 3.07. The van der Waals surface area contributed by atoms with Crippen molar-refractivity contribution in [1.82, 2.24) is 10.6 Å². The molecule has 1 amide bonds. The Morgan fingerprint density at radius 2 is 2.24 bits per heavy atom. The van der Waals surface area contributed by atoms with E-state index < -0.39 is 0 Å². The highest BCUT2D eigenvalue weighted by Crippen LogP contribution is 2.15. The van der Waals surface area contributed by atoms with Crippen LogP contribution < -0.4 is 10.6 Å². The maximum atomic E-state index is 11.8. The van der Waals surface area contributed by atoms with Crippen molar-refractivity contribution in [1.29, 1.82) is 0 Å². The van der Waals surface area contributed by atoms with Crippen LogP contribution in [0.3, 0.4) is 0 Å². The first-order chi connectivity index (χ1) is 8.27. The van der Waals surface area contributed by atoms with Gasteiger partial charge >= 0.3 is 0 Å². The number of benzene rings is 1. The van der Waals surface area contributed by atoms with Gasteiger partial charge in [-0.15, -0.1) is 0 Å². The first-order valence-corrected chi connectivity index (χ1v) is 6.07. The van der Waals surface area contributed by atoms with E-state index in [4.69, 9.17) is 0 Å². The fourth-order valence-corrected chi connectivity index (χ4v) is 2.07. The van der Waals surface area contributed by atoms with Gasteiger partial charge in [-0.05, 0) is 31.5 Å². The molecule has 1 aliphatic rings. The summed E-state index contributed by atoms with van der Waals surface area (Å²) in [5.74, 6) is -0.183. The van der Waals surface area contributed by atoms with E-state index in [-0.39, 0.29) is 11.7 Å². The summed E-state index contributed by atoms with van der Waals surface area (Å²) in [4.78, 5) is 11.8. The molecule has 2 rings (SSSR count). The highest BCUT2D eigenvalue weighted by molar-refractivity contribution is 5.96. The average Bonchev–Trinajstić information content (AvgIpc) is 2.38. The number of nitrogens with one attached hydrogen (secondary N) is 2. The third kappa shape index (κ3) is 3.20. The van der Waals surface area contributed by atoms with Crippen LogP contribution in [0.4, 0.5) is 0 Å². The van der Waals surface area contributed by atoms with Crippen LogP contribution in [0.2, 0.25) is 0 Å². The van der Waals surface area contributed by atoms with Crippen LogP contribution in [0.15, 0.2) is 24.3 Å². The van der Waals surface area contributed by atoms with Crippen molar-refractivity contribution in [3.05, 3.63) is 29.8 Å². The van der Waals surface area contributed by atoms with Crippen molar-refractivity contribution < 1.29 is 9.90 Å². The molecule has 1 atom stereocenters. The lowest BCUT2D eigenvalue weighted by Crippen LogP contribution is -2.43. The molecule has 1 unspecified atom stereocenters. The summed E-state index contributed by atoms with van der Waals surface area (Å²) in [6.07, 6.45) is 3.52. The zero-order valence-corrected chi connectivity index (χ0v) is 9.78. The highest BCUT2D eigenvalue weighted by atomic mass is 16.3. The molecule has 1 aliphatic heterocycles. The highest BCUT2D eigenvalue weighted by Gasteiger charge is 2.15. The van der Waals surface area contributed by atoms with Crippen LogP contribution >= 0.6 is 0 Å². The van der Waals surface area contributed by atoms with E-state index in [0.717, 1.165) is 13.0 Å². The zero-order chi connectivity index (χ0) is 12.1. The quantitative estimate of drug-likeness (QED) is 0.738. The molecule has 0 spiro atoms. The Kier molecular flexibility index (Phi) is 3.98. The molecule has 4 nitrogen and oxygen atoms in total. The Balaban J connectivity index is 1.87. The fourth-order valence-electron chi connectivity index (χ4n) is 2.07. The Bertz CT molecular complexity index is 387. The standard InChI is InChI=1S/C13H18N2O2/c16-12-7-2-1-6-11(12)13(17)15-9-10-5-3-4-8-14-10/h1-2,6-7,10,14,16H,3-5,8-9H2,(H,15,17). The van der Waals surface area contributed by atoms with E-state index in [0.29, 0.717) is 18.2 Å². The predicted octanol–water partition coefficient (Wildman–Crippen LogP) is 1.26. The molecule has 4 heteroatoms. The van der Waals surface area contributed by atoms with Crippen LogP contribution in [-0.4, -0.2) is 30.1 Å². The van der Waals surface area contributed by atoms with E-state index in [9.17, 15) is 9.90 Å². The smallest absolute Gasteiger partial charge is 0.255 e. The van der Waals surface area contributed by atoms with Gasteiger partial charge in [-0.1, -0.05) is 18.6 Å². The SMILES string of the molecule is O=C(NCC1CCCCN1)c1ccccc1O. The molecule has 0 saturated carbocycles. The number of phenols is 1. The van der Waals surface area contributed by atoms with Gasteiger partial charge in [0, 0.05) is 12.6 Å². The largest absolute Gasteiger partial charge is 0.507 e. The first-order valence-electron chi connectivity index (χ1n) is 6.07. The van der Waals surface area contributed by atoms with Gasteiger partial charge in [-0.25, -0.2) is 0 Å². The lowest BCUT2D eigenvalue weighted by atomic mass is 10.0. The monoisotopic (exact) mass is 234 g/mol. The summed E-state index contributed by atoms with van der Waals surface area (Å²) in [6.45, 7) is 1.64. The lowest BCUT2D eigenvalue weighted by molar-refractivity contribution is 0.0945. The zero-order valence-electron chi connectivity index (χ0n) is 9.78.